The van der Waals surface area contributed by atoms with Crippen molar-refractivity contribution in [1.82, 2.24) is 4.90 Å². The normalized spacial score (nSPS) is 18.5. The minimum Gasteiger partial charge on any atom is -0.339 e. The van der Waals surface area contributed by atoms with Gasteiger partial charge in [0.15, 0.2) is 0 Å². The van der Waals surface area contributed by atoms with Crippen molar-refractivity contribution in [3.63, 3.8) is 0 Å². The lowest BCUT2D eigenvalue weighted by atomic mass is 10.1. The molecule has 0 bridgehead atoms. The van der Waals surface area contributed by atoms with Crippen molar-refractivity contribution in [2.75, 3.05) is 13.1 Å². The molecular weight excluding hydrogens is 186 g/mol. The Labute approximate surface area is 92.7 Å². The molecule has 2 heteroatoms. The van der Waals surface area contributed by atoms with Crippen LogP contribution in [-0.2, 0) is 4.79 Å². The van der Waals surface area contributed by atoms with E-state index in [-0.39, 0.29) is 5.91 Å². The van der Waals surface area contributed by atoms with Crippen LogP contribution in [0.15, 0.2) is 23.8 Å². The van der Waals surface area contributed by atoms with Gasteiger partial charge in [-0.25, -0.2) is 0 Å². The zero-order chi connectivity index (χ0) is 11.1. The summed E-state index contributed by atoms with van der Waals surface area (Å²) in [5.41, 5.74) is 1.22. The van der Waals surface area contributed by atoms with Gasteiger partial charge >= 0.3 is 0 Å². The average Bonchev–Trinajstić information content (AvgIpc) is 2.31. The molecule has 0 aromatic heterocycles. The summed E-state index contributed by atoms with van der Waals surface area (Å²) in [6, 6.07) is 0. The van der Waals surface area contributed by atoms with Crippen molar-refractivity contribution in [1.29, 1.82) is 0 Å². The summed E-state index contributed by atoms with van der Waals surface area (Å²) in [5, 5.41) is 0. The third-order valence-electron chi connectivity index (χ3n) is 2.89. The van der Waals surface area contributed by atoms with Crippen LogP contribution in [0.1, 0.15) is 39.5 Å². The second-order valence-electron chi connectivity index (χ2n) is 3.94. The van der Waals surface area contributed by atoms with Gasteiger partial charge in [-0.15, -0.1) is 0 Å². The Balaban J connectivity index is 2.46. The van der Waals surface area contributed by atoms with Gasteiger partial charge in [-0.1, -0.05) is 24.6 Å². The number of hydrogen-bond donors (Lipinski definition) is 0. The van der Waals surface area contributed by atoms with Crippen LogP contribution in [-0.4, -0.2) is 23.9 Å². The van der Waals surface area contributed by atoms with E-state index < -0.39 is 0 Å². The van der Waals surface area contributed by atoms with E-state index in [0.717, 1.165) is 32.4 Å². The molecule has 0 radical (unpaired) electrons. The Morgan fingerprint density at radius 1 is 1.20 bits per heavy atom. The minimum absolute atomic E-state index is 0.169. The second kappa shape index (κ2) is 6.44. The molecule has 1 amide bonds. The summed E-state index contributed by atoms with van der Waals surface area (Å²) in [4.78, 5) is 13.7. The Bertz CT molecular complexity index is 260. The van der Waals surface area contributed by atoms with Crippen LogP contribution in [0, 0.1) is 0 Å². The molecule has 0 aromatic rings. The smallest absolute Gasteiger partial charge is 0.246 e. The molecule has 84 valence electrons. The molecule has 1 heterocycles. The number of carbonyl (C=O) groups excluding carboxylic acids is 1. The molecule has 1 fully saturated rings. The van der Waals surface area contributed by atoms with Gasteiger partial charge in [0.05, 0.1) is 0 Å². The van der Waals surface area contributed by atoms with Gasteiger partial charge < -0.3 is 4.90 Å². The Kier molecular flexibility index (Phi) is 5.16. The fourth-order valence-corrected chi connectivity index (χ4v) is 1.82. The van der Waals surface area contributed by atoms with E-state index in [1.165, 1.54) is 12.0 Å². The van der Waals surface area contributed by atoms with Crippen molar-refractivity contribution >= 4 is 5.91 Å². The fraction of sp³-hybridized carbons (Fsp3) is 0.615. The maximum Gasteiger partial charge on any atom is 0.246 e. The highest BCUT2D eigenvalue weighted by molar-refractivity contribution is 5.88. The molecule has 1 rings (SSSR count). The number of carbonyl (C=O) groups is 1. The van der Waals surface area contributed by atoms with Gasteiger partial charge in [0.1, 0.15) is 0 Å². The summed E-state index contributed by atoms with van der Waals surface area (Å²) in [5.74, 6) is 0.169. The van der Waals surface area contributed by atoms with Crippen LogP contribution < -0.4 is 0 Å². The van der Waals surface area contributed by atoms with Gasteiger partial charge in [0, 0.05) is 19.2 Å². The first-order valence-electron chi connectivity index (χ1n) is 5.90. The minimum atomic E-state index is 0.169. The maximum atomic E-state index is 11.7. The summed E-state index contributed by atoms with van der Waals surface area (Å²) in [6.07, 6.45) is 10.3. The zero-order valence-corrected chi connectivity index (χ0v) is 9.83. The van der Waals surface area contributed by atoms with Crippen molar-refractivity contribution in [3.05, 3.63) is 23.8 Å². The molecule has 0 N–H and O–H groups in total. The predicted octanol–water partition coefficient (Wildman–Crippen LogP) is 2.91. The monoisotopic (exact) mass is 207 g/mol. The topological polar surface area (TPSA) is 20.3 Å². The largest absolute Gasteiger partial charge is 0.339 e. The Morgan fingerprint density at radius 2 is 1.87 bits per heavy atom. The molecule has 0 saturated carbocycles. The van der Waals surface area contributed by atoms with Crippen LogP contribution in [0.5, 0.6) is 0 Å². The number of likely N-dealkylation sites (tertiary alicyclic amines) is 1. The highest BCUT2D eigenvalue weighted by Gasteiger charge is 2.13. The standard InChI is InChI=1S/C13H21NO/c1-3-12(4-2)8-9-13(15)14-10-6-5-7-11-14/h3,8-9H,4-7,10-11H2,1-2H3. The number of rotatable bonds is 3. The molecule has 1 aliphatic heterocycles. The van der Waals surface area contributed by atoms with Crippen molar-refractivity contribution < 1.29 is 4.79 Å². The molecular formula is C13H21NO. The lowest BCUT2D eigenvalue weighted by molar-refractivity contribution is -0.126. The van der Waals surface area contributed by atoms with Crippen LogP contribution >= 0.6 is 0 Å². The molecule has 2 nitrogen and oxygen atoms in total. The van der Waals surface area contributed by atoms with Gasteiger partial charge in [0.2, 0.25) is 5.91 Å². The first-order chi connectivity index (χ1) is 7.27. The van der Waals surface area contributed by atoms with E-state index in [2.05, 4.69) is 13.0 Å². The highest BCUT2D eigenvalue weighted by atomic mass is 16.2. The van der Waals surface area contributed by atoms with Crippen LogP contribution in [0.4, 0.5) is 0 Å². The number of amides is 1. The van der Waals surface area contributed by atoms with Gasteiger partial charge in [-0.2, -0.15) is 0 Å². The van der Waals surface area contributed by atoms with E-state index >= 15 is 0 Å². The van der Waals surface area contributed by atoms with Gasteiger partial charge in [0.25, 0.3) is 0 Å². The average molecular weight is 207 g/mol. The van der Waals surface area contributed by atoms with Crippen LogP contribution in [0.2, 0.25) is 0 Å². The Hall–Kier alpha value is -1.05. The molecule has 0 spiro atoms. The van der Waals surface area contributed by atoms with E-state index in [0.29, 0.717) is 0 Å². The van der Waals surface area contributed by atoms with Crippen LogP contribution in [0.25, 0.3) is 0 Å². The zero-order valence-electron chi connectivity index (χ0n) is 9.83. The molecule has 1 saturated heterocycles. The molecule has 0 unspecified atom stereocenters. The van der Waals surface area contributed by atoms with Crippen molar-refractivity contribution in [3.8, 4) is 0 Å². The maximum absolute atomic E-state index is 11.7. The van der Waals surface area contributed by atoms with E-state index in [1.54, 1.807) is 6.08 Å². The first-order valence-corrected chi connectivity index (χ1v) is 5.90. The molecule has 15 heavy (non-hydrogen) atoms. The van der Waals surface area contributed by atoms with E-state index in [9.17, 15) is 4.79 Å². The summed E-state index contributed by atoms with van der Waals surface area (Å²) >= 11 is 0. The van der Waals surface area contributed by atoms with Gasteiger partial charge in [-0.05, 0) is 32.6 Å². The number of nitrogens with zero attached hydrogens (tertiary/aromatic N) is 1. The second-order valence-corrected chi connectivity index (χ2v) is 3.94. The Morgan fingerprint density at radius 3 is 2.40 bits per heavy atom. The first kappa shape index (κ1) is 12.0. The third kappa shape index (κ3) is 3.90. The fourth-order valence-electron chi connectivity index (χ4n) is 1.82. The van der Waals surface area contributed by atoms with E-state index in [1.807, 2.05) is 17.9 Å². The van der Waals surface area contributed by atoms with Crippen LogP contribution in [0.3, 0.4) is 0 Å². The van der Waals surface area contributed by atoms with Crippen molar-refractivity contribution in [2.24, 2.45) is 0 Å². The molecule has 0 atom stereocenters. The van der Waals surface area contributed by atoms with Gasteiger partial charge in [-0.3, -0.25) is 4.79 Å². The molecule has 1 aliphatic rings. The summed E-state index contributed by atoms with van der Waals surface area (Å²) in [7, 11) is 0. The molecule has 0 aliphatic carbocycles. The number of allylic oxidation sites excluding steroid dienone is 3. The molecule has 0 aromatic carbocycles. The van der Waals surface area contributed by atoms with Crippen molar-refractivity contribution in [2.45, 2.75) is 39.5 Å². The predicted molar refractivity (Wildman–Crippen MR) is 63.6 cm³/mol. The lowest BCUT2D eigenvalue weighted by Gasteiger charge is -2.25. The summed E-state index contributed by atoms with van der Waals surface area (Å²) < 4.78 is 0. The number of hydrogen-bond acceptors (Lipinski definition) is 1. The van der Waals surface area contributed by atoms with E-state index in [4.69, 9.17) is 0 Å². The lowest BCUT2D eigenvalue weighted by Crippen LogP contribution is -2.34. The summed E-state index contributed by atoms with van der Waals surface area (Å²) in [6.45, 7) is 5.97. The third-order valence-corrected chi connectivity index (χ3v) is 2.89. The SMILES string of the molecule is CC=C(C=CC(=O)N1CCCCC1)CC. The number of piperidine rings is 1. The highest BCUT2D eigenvalue weighted by Crippen LogP contribution is 2.10. The quantitative estimate of drug-likeness (QED) is 0.514.